The molecule has 1 unspecified atom stereocenters. The van der Waals surface area contributed by atoms with Gasteiger partial charge in [0.15, 0.2) is 42.0 Å². The van der Waals surface area contributed by atoms with Crippen LogP contribution in [-0.4, -0.2) is 107 Å². The van der Waals surface area contributed by atoms with Crippen LogP contribution in [0.2, 0.25) is 0 Å². The van der Waals surface area contributed by atoms with Crippen molar-refractivity contribution >= 4 is 35.4 Å². The van der Waals surface area contributed by atoms with Gasteiger partial charge in [0, 0.05) is 33.6 Å². The fourth-order valence-corrected chi connectivity index (χ4v) is 7.26. The molecule has 3 fully saturated rings. The van der Waals surface area contributed by atoms with Crippen LogP contribution >= 0.6 is 0 Å². The maximum Gasteiger partial charge on any atom is 0.303 e. The van der Waals surface area contributed by atoms with Crippen LogP contribution in [-0.2, 0) is 57.1 Å². The second kappa shape index (κ2) is 12.7. The Kier molecular flexibility index (Phi) is 9.33. The summed E-state index contributed by atoms with van der Waals surface area (Å²) in [5, 5.41) is 21.3. The number of aromatic hydroxyl groups is 2. The predicted molar refractivity (Wildman–Crippen MR) is 155 cm³/mol. The smallest absolute Gasteiger partial charge is 0.303 e. The number of esters is 4. The topological polar surface area (TPSA) is 217 Å². The van der Waals surface area contributed by atoms with Crippen molar-refractivity contribution < 1.29 is 76.9 Å². The molecule has 262 valence electrons. The minimum absolute atomic E-state index is 0.0384. The van der Waals surface area contributed by atoms with E-state index >= 15 is 0 Å². The van der Waals surface area contributed by atoms with Gasteiger partial charge in [0.25, 0.3) is 0 Å². The molecular formula is C32H38O16. The Labute approximate surface area is 274 Å². The lowest BCUT2D eigenvalue weighted by Gasteiger charge is -2.50. The van der Waals surface area contributed by atoms with Crippen molar-refractivity contribution in [3.63, 3.8) is 0 Å². The van der Waals surface area contributed by atoms with Crippen LogP contribution < -0.4 is 0 Å². The van der Waals surface area contributed by atoms with Crippen LogP contribution in [0.5, 0.6) is 11.5 Å². The summed E-state index contributed by atoms with van der Waals surface area (Å²) in [6.07, 6.45) is -10.3. The zero-order valence-electron chi connectivity index (χ0n) is 27.4. The van der Waals surface area contributed by atoms with Crippen LogP contribution in [0.1, 0.15) is 75.6 Å². The summed E-state index contributed by atoms with van der Waals surface area (Å²) in [5.41, 5.74) is -2.00. The molecule has 48 heavy (non-hydrogen) atoms. The molecule has 16 heteroatoms. The van der Waals surface area contributed by atoms with Crippen LogP contribution in [0, 0.1) is 11.8 Å². The van der Waals surface area contributed by atoms with E-state index in [-0.39, 0.29) is 12.0 Å². The molecule has 0 bridgehead atoms. The summed E-state index contributed by atoms with van der Waals surface area (Å²) in [5.74, 6) is -9.43. The van der Waals surface area contributed by atoms with Crippen molar-refractivity contribution in [2.75, 3.05) is 6.61 Å². The molecule has 2 aliphatic carbocycles. The summed E-state index contributed by atoms with van der Waals surface area (Å²) in [4.78, 5) is 76.9. The third kappa shape index (κ3) is 6.49. The minimum atomic E-state index is -1.71. The van der Waals surface area contributed by atoms with Crippen LogP contribution in [0.15, 0.2) is 12.1 Å². The van der Waals surface area contributed by atoms with E-state index in [1.165, 1.54) is 0 Å². The Morgan fingerprint density at radius 1 is 0.792 bits per heavy atom. The number of phenolic OH excluding ortho intramolecular Hbond substituents is 2. The molecule has 0 amide bonds. The first kappa shape index (κ1) is 35.2. The molecule has 1 aromatic carbocycles. The number of carbonyl (C=O) groups excluding carboxylic acids is 6. The number of phenols is 2. The third-order valence-electron chi connectivity index (χ3n) is 8.74. The maximum atomic E-state index is 14.2. The third-order valence-corrected chi connectivity index (χ3v) is 8.74. The lowest BCUT2D eigenvalue weighted by molar-refractivity contribution is -0.329. The second-order valence-corrected chi connectivity index (χ2v) is 12.9. The predicted octanol–water partition coefficient (Wildman–Crippen LogP) is 1.49. The monoisotopic (exact) mass is 678 g/mol. The number of ether oxygens (including phenoxy) is 8. The number of rotatable bonds is 7. The van der Waals surface area contributed by atoms with Crippen molar-refractivity contribution in [3.05, 3.63) is 23.3 Å². The molecule has 2 N–H and O–H groups in total. The van der Waals surface area contributed by atoms with E-state index in [1.807, 2.05) is 0 Å². The largest absolute Gasteiger partial charge is 0.507 e. The Hall–Kier alpha value is -4.12. The number of hydrogen-bond acceptors (Lipinski definition) is 16. The summed E-state index contributed by atoms with van der Waals surface area (Å²) in [6.45, 7) is 8.73. The molecule has 2 saturated heterocycles. The molecule has 1 saturated carbocycles. The first-order valence-corrected chi connectivity index (χ1v) is 15.3. The standard InChI is InChI=1S/C32H38O16/c1-12(33)41-11-19-25(42-13(2)34)27(43-14(3)35)28(44-15(4)36)30(45-19)46-26-20-16(10-32(7)29(26)47-31(5,6)48-32)23(39)21-17(37)8-9-18(38)22(21)24(20)40/h8-9,16,19-20,25-30,37-38H,10-11H2,1-7H3/t16-,19-,20+,25-,26-,27+,28-,29+,30?,32-/m1/s1. The van der Waals surface area contributed by atoms with Gasteiger partial charge < -0.3 is 48.1 Å². The van der Waals surface area contributed by atoms with E-state index in [4.69, 9.17) is 37.9 Å². The van der Waals surface area contributed by atoms with E-state index in [1.54, 1.807) is 20.8 Å². The van der Waals surface area contributed by atoms with Crippen LogP contribution in [0.4, 0.5) is 0 Å². The van der Waals surface area contributed by atoms with Gasteiger partial charge in [-0.1, -0.05) is 0 Å². The van der Waals surface area contributed by atoms with Gasteiger partial charge in [-0.25, -0.2) is 0 Å². The minimum Gasteiger partial charge on any atom is -0.507 e. The van der Waals surface area contributed by atoms with Crippen LogP contribution in [0.3, 0.4) is 0 Å². The fourth-order valence-electron chi connectivity index (χ4n) is 7.26. The highest BCUT2D eigenvalue weighted by atomic mass is 16.8. The highest BCUT2D eigenvalue weighted by molar-refractivity contribution is 6.19. The zero-order chi connectivity index (χ0) is 35.5. The average Bonchev–Trinajstić information content (AvgIpc) is 3.22. The first-order valence-electron chi connectivity index (χ1n) is 15.3. The highest BCUT2D eigenvalue weighted by Gasteiger charge is 2.66. The summed E-state index contributed by atoms with van der Waals surface area (Å²) in [6, 6.07) is 2.19. The molecule has 0 spiro atoms. The van der Waals surface area contributed by atoms with E-state index < -0.39 is 125 Å². The van der Waals surface area contributed by atoms with Crippen molar-refractivity contribution in [3.8, 4) is 11.5 Å². The van der Waals surface area contributed by atoms with Crippen molar-refractivity contribution in [1.29, 1.82) is 0 Å². The molecule has 10 atom stereocenters. The number of Topliss-reactive ketones (excluding diaryl/α,β-unsaturated/α-hetero) is 2. The quantitative estimate of drug-likeness (QED) is 0.237. The van der Waals surface area contributed by atoms with Gasteiger partial charge in [0.05, 0.1) is 22.6 Å². The maximum absolute atomic E-state index is 14.2. The highest BCUT2D eigenvalue weighted by Crippen LogP contribution is 2.54. The Balaban J connectivity index is 1.64. The first-order chi connectivity index (χ1) is 22.3. The van der Waals surface area contributed by atoms with Gasteiger partial charge in [-0.3, -0.25) is 28.8 Å². The SMILES string of the molecule is CC(=O)OC[C@H]1OC(O[C@@H]2[C@@H]3C(=O)c4c(O)ccc(O)c4C(=O)[C@@H]3C[C@@]3(C)OC(C)(C)O[C@@H]23)[C@H](OC(C)=O)[C@@H](OC(C)=O)[C@@H]1OC(C)=O. The lowest BCUT2D eigenvalue weighted by atomic mass is 9.61. The van der Waals surface area contributed by atoms with E-state index in [9.17, 15) is 39.0 Å². The number of ketones is 2. The average molecular weight is 679 g/mol. The molecule has 0 aromatic heterocycles. The molecule has 4 aliphatic rings. The molecule has 5 rings (SSSR count). The molecule has 0 radical (unpaired) electrons. The lowest BCUT2D eigenvalue weighted by Crippen LogP contribution is -2.66. The Morgan fingerprint density at radius 2 is 1.33 bits per heavy atom. The van der Waals surface area contributed by atoms with Crippen molar-refractivity contribution in [1.82, 2.24) is 0 Å². The van der Waals surface area contributed by atoms with E-state index in [2.05, 4.69) is 0 Å². The number of fused-ring (bicyclic) bond motifs is 3. The fraction of sp³-hybridized carbons (Fsp3) is 0.625. The number of carbonyl (C=O) groups is 6. The Bertz CT molecular complexity index is 1530. The molecular weight excluding hydrogens is 640 g/mol. The summed E-state index contributed by atoms with van der Waals surface area (Å²) in [7, 11) is 0. The molecule has 2 aliphatic heterocycles. The number of benzene rings is 1. The normalized spacial score (nSPS) is 35.0. The van der Waals surface area contributed by atoms with Crippen molar-refractivity contribution in [2.45, 2.75) is 109 Å². The van der Waals surface area contributed by atoms with Crippen LogP contribution in [0.25, 0.3) is 0 Å². The summed E-state index contributed by atoms with van der Waals surface area (Å²) < 4.78 is 46.8. The van der Waals surface area contributed by atoms with Gasteiger partial charge in [-0.2, -0.15) is 0 Å². The van der Waals surface area contributed by atoms with E-state index in [0.717, 1.165) is 39.8 Å². The Morgan fingerprint density at radius 3 is 1.90 bits per heavy atom. The number of hydrogen-bond donors (Lipinski definition) is 2. The second-order valence-electron chi connectivity index (χ2n) is 12.9. The zero-order valence-corrected chi connectivity index (χ0v) is 27.4. The van der Waals surface area contributed by atoms with Gasteiger partial charge in [0.1, 0.15) is 36.4 Å². The van der Waals surface area contributed by atoms with Crippen molar-refractivity contribution in [2.24, 2.45) is 11.8 Å². The molecule has 16 nitrogen and oxygen atoms in total. The van der Waals surface area contributed by atoms with Gasteiger partial charge >= 0.3 is 23.9 Å². The summed E-state index contributed by atoms with van der Waals surface area (Å²) >= 11 is 0. The van der Waals surface area contributed by atoms with Gasteiger partial charge in [-0.05, 0) is 39.3 Å². The van der Waals surface area contributed by atoms with Gasteiger partial charge in [0.2, 0.25) is 0 Å². The molecule has 2 heterocycles. The van der Waals surface area contributed by atoms with Gasteiger partial charge in [-0.15, -0.1) is 0 Å². The van der Waals surface area contributed by atoms with E-state index in [0.29, 0.717) is 0 Å². The molecule has 1 aromatic rings.